The topological polar surface area (TPSA) is 56.1 Å². The van der Waals surface area contributed by atoms with Crippen LogP contribution < -0.4 is 10.2 Å². The van der Waals surface area contributed by atoms with Gasteiger partial charge in [0.25, 0.3) is 5.91 Å². The van der Waals surface area contributed by atoms with Gasteiger partial charge in [-0.1, -0.05) is 18.5 Å². The zero-order valence-corrected chi connectivity index (χ0v) is 17.6. The molecule has 0 radical (unpaired) electrons. The molecule has 2 aromatic carbocycles. The number of fused-ring (bicyclic) bond motifs is 1. The molecule has 150 valence electrons. The summed E-state index contributed by atoms with van der Waals surface area (Å²) in [5, 5.41) is 12.6. The van der Waals surface area contributed by atoms with Gasteiger partial charge < -0.3 is 10.2 Å². The molecule has 1 atom stereocenters. The lowest BCUT2D eigenvalue weighted by atomic mass is 9.80. The van der Waals surface area contributed by atoms with Crippen LogP contribution in [0.3, 0.4) is 0 Å². The number of carbonyl (C=O) groups excluding carboxylic acids is 1. The largest absolute Gasteiger partial charge is 0.369 e. The van der Waals surface area contributed by atoms with Crippen molar-refractivity contribution in [2.24, 2.45) is 0 Å². The van der Waals surface area contributed by atoms with Crippen molar-refractivity contribution in [1.82, 2.24) is 0 Å². The van der Waals surface area contributed by atoms with Gasteiger partial charge in [-0.2, -0.15) is 5.26 Å². The third kappa shape index (κ3) is 4.28. The number of hydrogen-bond acceptors (Lipinski definition) is 3. The lowest BCUT2D eigenvalue weighted by Crippen LogP contribution is -2.45. The summed E-state index contributed by atoms with van der Waals surface area (Å²) in [6.07, 6.45) is 2.48. The average molecular weight is 412 g/mol. The number of nitriles is 1. The normalized spacial score (nSPS) is 18.0. The van der Waals surface area contributed by atoms with Gasteiger partial charge in [-0.15, -0.1) is 0 Å². The summed E-state index contributed by atoms with van der Waals surface area (Å²) >= 11 is 6.50. The zero-order valence-electron chi connectivity index (χ0n) is 16.9. The number of anilines is 2. The summed E-state index contributed by atoms with van der Waals surface area (Å²) in [5.74, 6) is -0.652. The first kappa shape index (κ1) is 20.9. The Kier molecular flexibility index (Phi) is 5.68. The Labute approximate surface area is 175 Å². The van der Waals surface area contributed by atoms with E-state index in [0.717, 1.165) is 17.7 Å². The highest BCUT2D eigenvalue weighted by Crippen LogP contribution is 2.44. The van der Waals surface area contributed by atoms with E-state index in [2.05, 4.69) is 31.0 Å². The van der Waals surface area contributed by atoms with Crippen LogP contribution in [0.25, 0.3) is 6.08 Å². The molecule has 6 heteroatoms. The van der Waals surface area contributed by atoms with Gasteiger partial charge in [0.15, 0.2) is 0 Å². The molecule has 2 aromatic rings. The SMILES string of the molecule is CC1CC(C)(C)N(C)c2cc(Cl)c(/C=C(/C#N)C(=O)Nc3ccc(F)cc3)cc21. The average Bonchev–Trinajstić information content (AvgIpc) is 2.66. The van der Waals surface area contributed by atoms with Crippen molar-refractivity contribution in [3.05, 3.63) is 63.9 Å². The monoisotopic (exact) mass is 411 g/mol. The van der Waals surface area contributed by atoms with E-state index < -0.39 is 11.7 Å². The molecule has 0 saturated carbocycles. The Morgan fingerprint density at radius 3 is 2.62 bits per heavy atom. The second-order valence-corrected chi connectivity index (χ2v) is 8.45. The van der Waals surface area contributed by atoms with Gasteiger partial charge in [-0.3, -0.25) is 4.79 Å². The third-order valence-corrected chi connectivity index (χ3v) is 5.85. The molecule has 0 aromatic heterocycles. The van der Waals surface area contributed by atoms with Gasteiger partial charge in [-0.25, -0.2) is 4.39 Å². The molecule has 1 aliphatic rings. The van der Waals surface area contributed by atoms with Crippen LogP contribution in [-0.4, -0.2) is 18.5 Å². The number of carbonyl (C=O) groups is 1. The molecule has 3 rings (SSSR count). The van der Waals surface area contributed by atoms with Crippen molar-refractivity contribution in [2.75, 3.05) is 17.3 Å². The van der Waals surface area contributed by atoms with Crippen LogP contribution in [0.15, 0.2) is 42.0 Å². The Balaban J connectivity index is 1.94. The maximum atomic E-state index is 13.0. The number of nitrogens with zero attached hydrogens (tertiary/aromatic N) is 2. The van der Waals surface area contributed by atoms with Crippen LogP contribution in [0.2, 0.25) is 5.02 Å². The van der Waals surface area contributed by atoms with E-state index in [0.29, 0.717) is 22.2 Å². The van der Waals surface area contributed by atoms with E-state index in [1.54, 1.807) is 0 Å². The van der Waals surface area contributed by atoms with Crippen LogP contribution in [0, 0.1) is 17.1 Å². The number of hydrogen-bond donors (Lipinski definition) is 1. The molecule has 1 heterocycles. The van der Waals surface area contributed by atoms with E-state index in [4.69, 9.17) is 11.6 Å². The maximum Gasteiger partial charge on any atom is 0.266 e. The molecule has 1 aliphatic heterocycles. The van der Waals surface area contributed by atoms with Crippen LogP contribution in [0.5, 0.6) is 0 Å². The molecule has 1 amide bonds. The molecule has 0 aliphatic carbocycles. The summed E-state index contributed by atoms with van der Waals surface area (Å²) in [7, 11) is 2.05. The number of benzene rings is 2. The summed E-state index contributed by atoms with van der Waals surface area (Å²) in [6, 6.07) is 11.1. The molecule has 4 nitrogen and oxygen atoms in total. The number of amides is 1. The Morgan fingerprint density at radius 1 is 1.34 bits per heavy atom. The second-order valence-electron chi connectivity index (χ2n) is 8.04. The fourth-order valence-corrected chi connectivity index (χ4v) is 3.96. The summed E-state index contributed by atoms with van der Waals surface area (Å²) in [6.45, 7) is 6.56. The molecule has 0 bridgehead atoms. The quantitative estimate of drug-likeness (QED) is 0.517. The highest BCUT2D eigenvalue weighted by Gasteiger charge is 2.34. The first-order valence-electron chi connectivity index (χ1n) is 9.38. The van der Waals surface area contributed by atoms with Gasteiger partial charge in [0, 0.05) is 29.0 Å². The maximum absolute atomic E-state index is 13.0. The minimum absolute atomic E-state index is 0.0138. The Hall–Kier alpha value is -2.84. The van der Waals surface area contributed by atoms with E-state index in [1.165, 1.54) is 30.3 Å². The van der Waals surface area contributed by atoms with Crippen LogP contribution in [0.1, 0.15) is 44.2 Å². The fourth-order valence-electron chi connectivity index (χ4n) is 3.75. The molecule has 0 spiro atoms. The van der Waals surface area contributed by atoms with Crippen molar-refractivity contribution in [3.8, 4) is 6.07 Å². The lowest BCUT2D eigenvalue weighted by Gasteiger charge is -2.45. The van der Waals surface area contributed by atoms with Gasteiger partial charge in [0.1, 0.15) is 17.5 Å². The van der Waals surface area contributed by atoms with Crippen molar-refractivity contribution in [1.29, 1.82) is 5.26 Å². The van der Waals surface area contributed by atoms with E-state index in [-0.39, 0.29) is 11.1 Å². The Bertz CT molecular complexity index is 1020. The van der Waals surface area contributed by atoms with Gasteiger partial charge in [-0.05, 0) is 79.8 Å². The minimum Gasteiger partial charge on any atom is -0.369 e. The first-order valence-corrected chi connectivity index (χ1v) is 9.76. The van der Waals surface area contributed by atoms with Gasteiger partial charge in [0.05, 0.1) is 0 Å². The van der Waals surface area contributed by atoms with Gasteiger partial charge >= 0.3 is 0 Å². The number of nitrogens with one attached hydrogen (secondary N) is 1. The molecule has 0 fully saturated rings. The zero-order chi connectivity index (χ0) is 21.3. The van der Waals surface area contributed by atoms with E-state index in [1.807, 2.05) is 25.2 Å². The minimum atomic E-state index is -0.570. The van der Waals surface area contributed by atoms with Crippen LogP contribution in [-0.2, 0) is 4.79 Å². The third-order valence-electron chi connectivity index (χ3n) is 5.52. The summed E-state index contributed by atoms with van der Waals surface area (Å²) in [5.41, 5.74) is 3.17. The highest BCUT2D eigenvalue weighted by atomic mass is 35.5. The van der Waals surface area contributed by atoms with Gasteiger partial charge in [0.2, 0.25) is 0 Å². The van der Waals surface area contributed by atoms with E-state index >= 15 is 0 Å². The summed E-state index contributed by atoms with van der Waals surface area (Å²) < 4.78 is 13.0. The molecule has 0 saturated heterocycles. The smallest absolute Gasteiger partial charge is 0.266 e. The lowest BCUT2D eigenvalue weighted by molar-refractivity contribution is -0.112. The molecule has 1 unspecified atom stereocenters. The van der Waals surface area contributed by atoms with Crippen LogP contribution >= 0.6 is 11.6 Å². The van der Waals surface area contributed by atoms with E-state index in [9.17, 15) is 14.4 Å². The standard InChI is InChI=1S/C23H23ClFN3O/c1-14-12-23(2,3)28(4)21-11-20(24)15(10-19(14)21)9-16(13-26)22(29)27-18-7-5-17(25)6-8-18/h5-11,14H,12H2,1-4H3,(H,27,29)/b16-9-. The Morgan fingerprint density at radius 2 is 2.00 bits per heavy atom. The van der Waals surface area contributed by atoms with Crippen LogP contribution in [0.4, 0.5) is 15.8 Å². The van der Waals surface area contributed by atoms with Crippen molar-refractivity contribution >= 4 is 35.0 Å². The predicted molar refractivity (Wildman–Crippen MR) is 116 cm³/mol. The molecular formula is C23H23ClFN3O. The summed E-state index contributed by atoms with van der Waals surface area (Å²) in [4.78, 5) is 14.7. The number of halogens is 2. The first-order chi connectivity index (χ1) is 13.6. The predicted octanol–water partition coefficient (Wildman–Crippen LogP) is 5.75. The van der Waals surface area contributed by atoms with Crippen molar-refractivity contribution in [2.45, 2.75) is 38.6 Å². The fraction of sp³-hybridized carbons (Fsp3) is 0.304. The highest BCUT2D eigenvalue weighted by molar-refractivity contribution is 6.32. The number of rotatable bonds is 3. The van der Waals surface area contributed by atoms with Crippen molar-refractivity contribution in [3.63, 3.8) is 0 Å². The molecular weight excluding hydrogens is 389 g/mol. The molecule has 1 N–H and O–H groups in total. The molecule has 29 heavy (non-hydrogen) atoms. The van der Waals surface area contributed by atoms with Crippen molar-refractivity contribution < 1.29 is 9.18 Å². The second kappa shape index (κ2) is 7.88.